The van der Waals surface area contributed by atoms with Crippen LogP contribution in [-0.4, -0.2) is 18.2 Å². The first kappa shape index (κ1) is 12.3. The number of methoxy groups -OCH3 is 1. The van der Waals surface area contributed by atoms with Crippen molar-refractivity contribution in [1.82, 2.24) is 0 Å². The molecule has 16 heavy (non-hydrogen) atoms. The van der Waals surface area contributed by atoms with Crippen molar-refractivity contribution in [1.29, 1.82) is 0 Å². The van der Waals surface area contributed by atoms with Crippen LogP contribution in [0.4, 0.5) is 0 Å². The lowest BCUT2D eigenvalue weighted by Gasteiger charge is -2.07. The molecular weight excluding hydrogens is 228 g/mol. The van der Waals surface area contributed by atoms with Gasteiger partial charge in [0.15, 0.2) is 0 Å². The zero-order valence-corrected chi connectivity index (χ0v) is 9.45. The van der Waals surface area contributed by atoms with Crippen molar-refractivity contribution in [2.24, 2.45) is 0 Å². The summed E-state index contributed by atoms with van der Waals surface area (Å²) in [6, 6.07) is 10.9. The van der Waals surface area contributed by atoms with Gasteiger partial charge in [0.25, 0.3) is 0 Å². The number of fused-ring (bicyclic) bond motifs is 1. The van der Waals surface area contributed by atoms with Gasteiger partial charge in [0.05, 0.1) is 7.11 Å². The van der Waals surface area contributed by atoms with E-state index < -0.39 is 5.97 Å². The number of ether oxygens (including phenoxy) is 1. The molecule has 0 saturated heterocycles. The molecule has 0 unspecified atom stereocenters. The molecule has 4 heteroatoms. The van der Waals surface area contributed by atoms with E-state index in [9.17, 15) is 4.79 Å². The van der Waals surface area contributed by atoms with Crippen LogP contribution in [0.2, 0.25) is 0 Å². The molecule has 0 amide bonds. The average molecular weight is 239 g/mol. The van der Waals surface area contributed by atoms with E-state index in [1.807, 2.05) is 24.3 Å². The number of carboxylic acids is 1. The summed E-state index contributed by atoms with van der Waals surface area (Å²) in [6.45, 7) is 0. The maximum Gasteiger partial charge on any atom is 0.340 e. The van der Waals surface area contributed by atoms with E-state index in [1.54, 1.807) is 12.1 Å². The highest BCUT2D eigenvalue weighted by Crippen LogP contribution is 2.27. The second-order valence-electron chi connectivity index (χ2n) is 3.17. The van der Waals surface area contributed by atoms with Gasteiger partial charge in [-0.3, -0.25) is 0 Å². The van der Waals surface area contributed by atoms with Crippen LogP contribution in [0.25, 0.3) is 10.8 Å². The number of halogens is 1. The number of rotatable bonds is 2. The second-order valence-corrected chi connectivity index (χ2v) is 3.17. The monoisotopic (exact) mass is 238 g/mol. The van der Waals surface area contributed by atoms with Crippen molar-refractivity contribution in [3.05, 3.63) is 42.0 Å². The Balaban J connectivity index is 0.00000128. The van der Waals surface area contributed by atoms with Crippen molar-refractivity contribution < 1.29 is 14.6 Å². The fraction of sp³-hybridized carbons (Fsp3) is 0.0833. The minimum absolute atomic E-state index is 0. The van der Waals surface area contributed by atoms with Crippen LogP contribution in [0.3, 0.4) is 0 Å². The summed E-state index contributed by atoms with van der Waals surface area (Å²) in [5, 5.41) is 10.7. The molecule has 0 aliphatic heterocycles. The molecule has 0 aliphatic carbocycles. The lowest BCUT2D eigenvalue weighted by atomic mass is 10.0. The Morgan fingerprint density at radius 1 is 1.19 bits per heavy atom. The lowest BCUT2D eigenvalue weighted by molar-refractivity contribution is 0.0695. The van der Waals surface area contributed by atoms with Crippen LogP contribution in [0.5, 0.6) is 5.75 Å². The highest BCUT2D eigenvalue weighted by molar-refractivity contribution is 6.06. The van der Waals surface area contributed by atoms with Gasteiger partial charge in [-0.1, -0.05) is 30.3 Å². The van der Waals surface area contributed by atoms with Gasteiger partial charge in [-0.15, -0.1) is 12.4 Å². The van der Waals surface area contributed by atoms with Gasteiger partial charge in [0, 0.05) is 0 Å². The predicted molar refractivity (Wildman–Crippen MR) is 64.7 cm³/mol. The van der Waals surface area contributed by atoms with Gasteiger partial charge >= 0.3 is 5.97 Å². The summed E-state index contributed by atoms with van der Waals surface area (Å²) in [5.41, 5.74) is 0.218. The highest BCUT2D eigenvalue weighted by atomic mass is 35.5. The summed E-state index contributed by atoms with van der Waals surface area (Å²) in [6.07, 6.45) is 0. The topological polar surface area (TPSA) is 46.5 Å². The smallest absolute Gasteiger partial charge is 0.340 e. The van der Waals surface area contributed by atoms with Crippen LogP contribution in [0, 0.1) is 0 Å². The molecule has 0 atom stereocenters. The van der Waals surface area contributed by atoms with E-state index in [2.05, 4.69) is 0 Å². The van der Waals surface area contributed by atoms with Crippen LogP contribution < -0.4 is 4.74 Å². The third-order valence-corrected chi connectivity index (χ3v) is 2.32. The summed E-state index contributed by atoms with van der Waals surface area (Å²) in [7, 11) is 1.47. The van der Waals surface area contributed by atoms with Gasteiger partial charge in [0.2, 0.25) is 0 Å². The number of aromatic carboxylic acids is 1. The molecule has 0 aromatic heterocycles. The van der Waals surface area contributed by atoms with Gasteiger partial charge < -0.3 is 9.84 Å². The lowest BCUT2D eigenvalue weighted by Crippen LogP contribution is -2.01. The Morgan fingerprint density at radius 2 is 1.88 bits per heavy atom. The number of carbonyl (C=O) groups is 1. The summed E-state index contributed by atoms with van der Waals surface area (Å²) in [5.74, 6) is -0.579. The largest absolute Gasteiger partial charge is 0.496 e. The third kappa shape index (κ3) is 1.95. The zero-order chi connectivity index (χ0) is 10.8. The van der Waals surface area contributed by atoms with Crippen molar-refractivity contribution in [3.8, 4) is 5.75 Å². The second kappa shape index (κ2) is 4.86. The molecule has 0 radical (unpaired) electrons. The first-order chi connectivity index (χ1) is 7.24. The van der Waals surface area contributed by atoms with Crippen LogP contribution >= 0.6 is 12.4 Å². The standard InChI is InChI=1S/C12H10O3.ClH/c1-15-10-7-6-8-4-2-3-5-9(8)11(10)12(13)14;/h2-7H,1H3,(H,13,14);1H. The summed E-state index contributed by atoms with van der Waals surface area (Å²) >= 11 is 0. The normalized spacial score (nSPS) is 9.56. The molecule has 0 aliphatic rings. The molecular formula is C12H11ClO3. The molecule has 2 aromatic carbocycles. The van der Waals surface area contributed by atoms with E-state index in [0.29, 0.717) is 11.1 Å². The van der Waals surface area contributed by atoms with E-state index in [0.717, 1.165) is 5.39 Å². The quantitative estimate of drug-likeness (QED) is 0.875. The number of hydrogen-bond donors (Lipinski definition) is 1. The van der Waals surface area contributed by atoms with E-state index >= 15 is 0 Å². The van der Waals surface area contributed by atoms with Gasteiger partial charge in [0.1, 0.15) is 11.3 Å². The molecule has 84 valence electrons. The van der Waals surface area contributed by atoms with Crippen molar-refractivity contribution >= 4 is 29.1 Å². The Hall–Kier alpha value is -1.74. The van der Waals surface area contributed by atoms with E-state index in [-0.39, 0.29) is 18.0 Å². The molecule has 0 fully saturated rings. The average Bonchev–Trinajstić information content (AvgIpc) is 2.27. The molecule has 0 bridgehead atoms. The zero-order valence-electron chi connectivity index (χ0n) is 8.64. The van der Waals surface area contributed by atoms with E-state index in [4.69, 9.17) is 9.84 Å². The fourth-order valence-electron chi connectivity index (χ4n) is 1.64. The molecule has 2 rings (SSSR count). The molecule has 0 heterocycles. The number of hydrogen-bond acceptors (Lipinski definition) is 2. The molecule has 3 nitrogen and oxygen atoms in total. The summed E-state index contributed by atoms with van der Waals surface area (Å²) in [4.78, 5) is 11.1. The molecule has 0 saturated carbocycles. The molecule has 1 N–H and O–H groups in total. The molecule has 0 spiro atoms. The summed E-state index contributed by atoms with van der Waals surface area (Å²) < 4.78 is 5.03. The van der Waals surface area contributed by atoms with Gasteiger partial charge in [-0.2, -0.15) is 0 Å². The maximum absolute atomic E-state index is 11.1. The van der Waals surface area contributed by atoms with Crippen molar-refractivity contribution in [3.63, 3.8) is 0 Å². The minimum Gasteiger partial charge on any atom is -0.496 e. The maximum atomic E-state index is 11.1. The van der Waals surface area contributed by atoms with Gasteiger partial charge in [-0.25, -0.2) is 4.79 Å². The third-order valence-electron chi connectivity index (χ3n) is 2.32. The predicted octanol–water partition coefficient (Wildman–Crippen LogP) is 2.97. The minimum atomic E-state index is -0.969. The number of benzene rings is 2. The van der Waals surface area contributed by atoms with Crippen LogP contribution in [0.15, 0.2) is 36.4 Å². The first-order valence-corrected chi connectivity index (χ1v) is 4.53. The Labute approximate surface area is 99.1 Å². The van der Waals surface area contributed by atoms with Crippen molar-refractivity contribution in [2.75, 3.05) is 7.11 Å². The fourth-order valence-corrected chi connectivity index (χ4v) is 1.64. The van der Waals surface area contributed by atoms with Crippen molar-refractivity contribution in [2.45, 2.75) is 0 Å². The van der Waals surface area contributed by atoms with Crippen LogP contribution in [-0.2, 0) is 0 Å². The molecule has 2 aromatic rings. The first-order valence-electron chi connectivity index (χ1n) is 4.53. The van der Waals surface area contributed by atoms with E-state index in [1.165, 1.54) is 7.11 Å². The Kier molecular flexibility index (Phi) is 3.74. The van der Waals surface area contributed by atoms with Gasteiger partial charge in [-0.05, 0) is 16.8 Å². The highest BCUT2D eigenvalue weighted by Gasteiger charge is 2.14. The number of carboxylic acid groups (broad SMARTS) is 1. The SMILES string of the molecule is COc1ccc2ccccc2c1C(=O)O.Cl. The Morgan fingerprint density at radius 3 is 2.50 bits per heavy atom. The Bertz CT molecular complexity index is 523. The van der Waals surface area contributed by atoms with Crippen LogP contribution in [0.1, 0.15) is 10.4 Å².